The van der Waals surface area contributed by atoms with Gasteiger partial charge in [0, 0.05) is 39.9 Å². The molecular formula is C23H32N4O2. The van der Waals surface area contributed by atoms with E-state index < -0.39 is 0 Å². The first-order valence-corrected chi connectivity index (χ1v) is 9.95. The van der Waals surface area contributed by atoms with E-state index in [2.05, 4.69) is 15.6 Å². The molecule has 29 heavy (non-hydrogen) atoms. The Labute approximate surface area is 174 Å². The summed E-state index contributed by atoms with van der Waals surface area (Å²) in [5.74, 6) is 0.771. The highest BCUT2D eigenvalue weighted by atomic mass is 16.5. The topological polar surface area (TPSA) is 66.0 Å². The average molecular weight is 397 g/mol. The Morgan fingerprint density at radius 2 is 1.86 bits per heavy atom. The minimum absolute atomic E-state index is 0.0150. The molecule has 6 heteroatoms. The molecule has 1 atom stereocenters. The van der Waals surface area contributed by atoms with Crippen LogP contribution in [-0.4, -0.2) is 57.6 Å². The lowest BCUT2D eigenvalue weighted by Crippen LogP contribution is -2.38. The fraction of sp³-hybridized carbons (Fsp3) is 0.391. The van der Waals surface area contributed by atoms with E-state index in [0.29, 0.717) is 18.7 Å². The number of carbonyl (C=O) groups excluding carboxylic acids is 1. The van der Waals surface area contributed by atoms with Gasteiger partial charge < -0.3 is 20.3 Å². The molecule has 0 radical (unpaired) electrons. The van der Waals surface area contributed by atoms with Crippen LogP contribution in [0.15, 0.2) is 59.6 Å². The highest BCUT2D eigenvalue weighted by molar-refractivity contribution is 5.94. The van der Waals surface area contributed by atoms with Gasteiger partial charge in [-0.25, -0.2) is 0 Å². The van der Waals surface area contributed by atoms with Gasteiger partial charge in [-0.3, -0.25) is 9.79 Å². The van der Waals surface area contributed by atoms with Crippen molar-refractivity contribution in [2.24, 2.45) is 4.99 Å². The second-order valence-electron chi connectivity index (χ2n) is 6.93. The third-order valence-corrected chi connectivity index (χ3v) is 4.50. The molecule has 6 nitrogen and oxygen atoms in total. The first-order chi connectivity index (χ1) is 14.0. The van der Waals surface area contributed by atoms with Crippen LogP contribution >= 0.6 is 0 Å². The van der Waals surface area contributed by atoms with Crippen molar-refractivity contribution in [1.29, 1.82) is 0 Å². The van der Waals surface area contributed by atoms with Crippen molar-refractivity contribution in [2.75, 3.05) is 40.8 Å². The lowest BCUT2D eigenvalue weighted by atomic mass is 10.1. The van der Waals surface area contributed by atoms with Gasteiger partial charge >= 0.3 is 0 Å². The van der Waals surface area contributed by atoms with Gasteiger partial charge in [0.05, 0.1) is 6.54 Å². The molecule has 0 bridgehead atoms. The summed E-state index contributed by atoms with van der Waals surface area (Å²) in [5.41, 5.74) is 2.93. The first kappa shape index (κ1) is 22.4. The molecule has 2 N–H and O–H groups in total. The largest absolute Gasteiger partial charge is 0.375 e. The molecule has 0 saturated heterocycles. The third kappa shape index (κ3) is 7.23. The molecule has 0 aromatic heterocycles. The van der Waals surface area contributed by atoms with Gasteiger partial charge in [-0.2, -0.15) is 0 Å². The number of guanidine groups is 1. The summed E-state index contributed by atoms with van der Waals surface area (Å²) in [7, 11) is 5.23. The monoisotopic (exact) mass is 396 g/mol. The van der Waals surface area contributed by atoms with E-state index in [9.17, 15) is 4.79 Å². The molecule has 0 saturated carbocycles. The van der Waals surface area contributed by atoms with Crippen LogP contribution < -0.4 is 10.6 Å². The average Bonchev–Trinajstić information content (AvgIpc) is 2.74. The van der Waals surface area contributed by atoms with Crippen molar-refractivity contribution >= 4 is 11.9 Å². The van der Waals surface area contributed by atoms with E-state index in [1.54, 1.807) is 26.1 Å². The van der Waals surface area contributed by atoms with Gasteiger partial charge in [0.1, 0.15) is 6.10 Å². The highest BCUT2D eigenvalue weighted by Crippen LogP contribution is 2.16. The standard InChI is InChI=1S/C23H32N4O2/c1-5-24-23(26-17-21(29-4)19-11-7-6-8-12-19)25-15-14-18-10-9-13-20(16-18)22(28)27(2)3/h6-13,16,21H,5,14-15,17H2,1-4H3,(H2,24,25,26). The van der Waals surface area contributed by atoms with Crippen molar-refractivity contribution in [3.8, 4) is 0 Å². The van der Waals surface area contributed by atoms with Gasteiger partial charge in [-0.15, -0.1) is 0 Å². The van der Waals surface area contributed by atoms with Crippen LogP contribution in [0.5, 0.6) is 0 Å². The fourth-order valence-corrected chi connectivity index (χ4v) is 2.94. The lowest BCUT2D eigenvalue weighted by molar-refractivity contribution is 0.0827. The van der Waals surface area contributed by atoms with Crippen molar-refractivity contribution in [2.45, 2.75) is 19.4 Å². The fourth-order valence-electron chi connectivity index (χ4n) is 2.94. The first-order valence-electron chi connectivity index (χ1n) is 9.95. The van der Waals surface area contributed by atoms with E-state index in [1.807, 2.05) is 61.5 Å². The minimum atomic E-state index is -0.0830. The smallest absolute Gasteiger partial charge is 0.253 e. The summed E-state index contributed by atoms with van der Waals surface area (Å²) in [6.07, 6.45) is 0.714. The number of nitrogens with zero attached hydrogens (tertiary/aromatic N) is 2. The molecule has 0 fully saturated rings. The van der Waals surface area contributed by atoms with Crippen LogP contribution in [0.2, 0.25) is 0 Å². The molecular weight excluding hydrogens is 364 g/mol. The Bertz CT molecular complexity index is 790. The van der Waals surface area contributed by atoms with Gasteiger partial charge in [-0.1, -0.05) is 42.5 Å². The third-order valence-electron chi connectivity index (χ3n) is 4.50. The van der Waals surface area contributed by atoms with Gasteiger partial charge in [0.25, 0.3) is 5.91 Å². The summed E-state index contributed by atoms with van der Waals surface area (Å²) < 4.78 is 5.60. The van der Waals surface area contributed by atoms with Crippen LogP contribution in [0, 0.1) is 0 Å². The Kier molecular flexibility index (Phi) is 9.18. The molecule has 1 amide bonds. The van der Waals surface area contributed by atoms with Crippen LogP contribution in [0.25, 0.3) is 0 Å². The van der Waals surface area contributed by atoms with E-state index >= 15 is 0 Å². The van der Waals surface area contributed by atoms with E-state index in [1.165, 1.54) is 0 Å². The lowest BCUT2D eigenvalue weighted by Gasteiger charge is -2.16. The zero-order valence-corrected chi connectivity index (χ0v) is 17.8. The highest BCUT2D eigenvalue weighted by Gasteiger charge is 2.10. The molecule has 0 heterocycles. The number of ether oxygens (including phenoxy) is 1. The normalized spacial score (nSPS) is 12.3. The Balaban J connectivity index is 1.94. The number of hydrogen-bond acceptors (Lipinski definition) is 3. The van der Waals surface area contributed by atoms with Crippen molar-refractivity contribution in [1.82, 2.24) is 15.5 Å². The second kappa shape index (κ2) is 11.9. The zero-order valence-electron chi connectivity index (χ0n) is 17.8. The van der Waals surface area contributed by atoms with Crippen molar-refractivity contribution in [3.05, 3.63) is 71.3 Å². The van der Waals surface area contributed by atoms with E-state index in [0.717, 1.165) is 30.1 Å². The number of rotatable bonds is 9. The second-order valence-corrected chi connectivity index (χ2v) is 6.93. The maximum atomic E-state index is 12.1. The summed E-state index contributed by atoms with van der Waals surface area (Å²) >= 11 is 0. The maximum absolute atomic E-state index is 12.1. The molecule has 0 spiro atoms. The zero-order chi connectivity index (χ0) is 21.1. The van der Waals surface area contributed by atoms with Gasteiger partial charge in [-0.05, 0) is 36.6 Å². The molecule has 2 aromatic carbocycles. The summed E-state index contributed by atoms with van der Waals surface area (Å²) in [6, 6.07) is 17.9. The van der Waals surface area contributed by atoms with E-state index in [4.69, 9.17) is 4.74 Å². The Morgan fingerprint density at radius 3 is 2.52 bits per heavy atom. The van der Waals surface area contributed by atoms with E-state index in [-0.39, 0.29) is 12.0 Å². The SMILES string of the molecule is CCNC(=NCC(OC)c1ccccc1)NCCc1cccc(C(=O)N(C)C)c1. The van der Waals surface area contributed by atoms with Crippen LogP contribution in [0.1, 0.15) is 34.5 Å². The summed E-state index contributed by atoms with van der Waals surface area (Å²) in [6.45, 7) is 4.07. The molecule has 0 aliphatic heterocycles. The molecule has 156 valence electrons. The Hall–Kier alpha value is -2.86. The Morgan fingerprint density at radius 1 is 1.10 bits per heavy atom. The van der Waals surface area contributed by atoms with Crippen molar-refractivity contribution in [3.63, 3.8) is 0 Å². The molecule has 0 aliphatic rings. The van der Waals surface area contributed by atoms with Crippen LogP contribution in [0.4, 0.5) is 0 Å². The summed E-state index contributed by atoms with van der Waals surface area (Å²) in [5, 5.41) is 6.63. The molecule has 1 unspecified atom stereocenters. The number of carbonyl (C=O) groups is 1. The molecule has 2 aromatic rings. The predicted octanol–water partition coefficient (Wildman–Crippen LogP) is 2.87. The number of nitrogens with one attached hydrogen (secondary N) is 2. The number of hydrogen-bond donors (Lipinski definition) is 2. The predicted molar refractivity (Wildman–Crippen MR) is 118 cm³/mol. The number of benzene rings is 2. The van der Waals surface area contributed by atoms with Crippen molar-refractivity contribution < 1.29 is 9.53 Å². The quantitative estimate of drug-likeness (QED) is 0.505. The van der Waals surface area contributed by atoms with Crippen LogP contribution in [-0.2, 0) is 11.2 Å². The molecule has 2 rings (SSSR count). The van der Waals surface area contributed by atoms with Crippen LogP contribution in [0.3, 0.4) is 0 Å². The maximum Gasteiger partial charge on any atom is 0.253 e. The van der Waals surface area contributed by atoms with Gasteiger partial charge in [0.2, 0.25) is 0 Å². The minimum Gasteiger partial charge on any atom is -0.375 e. The molecule has 0 aliphatic carbocycles. The van der Waals surface area contributed by atoms with Gasteiger partial charge in [0.15, 0.2) is 5.96 Å². The number of amides is 1. The number of methoxy groups -OCH3 is 1. The summed E-state index contributed by atoms with van der Waals surface area (Å²) in [4.78, 5) is 18.4. The number of aliphatic imine (C=N–C) groups is 1.